The minimum Gasteiger partial charge on any atom is -0.387 e. The fourth-order valence-electron chi connectivity index (χ4n) is 2.01. The lowest BCUT2D eigenvalue weighted by Crippen LogP contribution is -2.29. The molecule has 3 nitrogen and oxygen atoms in total. The first kappa shape index (κ1) is 14.2. The predicted octanol–water partition coefficient (Wildman–Crippen LogP) is 2.24. The average molecular weight is 256 g/mol. The van der Waals surface area contributed by atoms with Crippen molar-refractivity contribution >= 4 is 9.84 Å². The monoisotopic (exact) mass is 256 g/mol. The van der Waals surface area contributed by atoms with Gasteiger partial charge in [-0.05, 0) is 24.5 Å². The molecule has 4 heteroatoms. The molecule has 0 aliphatic heterocycles. The van der Waals surface area contributed by atoms with E-state index in [1.165, 1.54) is 0 Å². The van der Waals surface area contributed by atoms with E-state index in [9.17, 15) is 13.5 Å². The Morgan fingerprint density at radius 2 is 1.82 bits per heavy atom. The Morgan fingerprint density at radius 1 is 1.24 bits per heavy atom. The average Bonchev–Trinajstić information content (AvgIpc) is 2.30. The molecule has 0 aromatic heterocycles. The largest absolute Gasteiger partial charge is 0.387 e. The topological polar surface area (TPSA) is 54.4 Å². The summed E-state index contributed by atoms with van der Waals surface area (Å²) in [5.41, 5.74) is 1.63. The molecule has 0 radical (unpaired) electrons. The van der Waals surface area contributed by atoms with Crippen LogP contribution in [0.5, 0.6) is 0 Å². The number of aliphatic hydroxyl groups excluding tert-OH is 1. The molecule has 0 unspecified atom stereocenters. The number of hydrogen-bond acceptors (Lipinski definition) is 3. The molecule has 1 rings (SSSR count). The summed E-state index contributed by atoms with van der Waals surface area (Å²) in [7, 11) is -3.22. The van der Waals surface area contributed by atoms with Crippen molar-refractivity contribution in [2.75, 3.05) is 5.75 Å². The van der Waals surface area contributed by atoms with Gasteiger partial charge in [0.1, 0.15) is 0 Å². The molecule has 0 heterocycles. The minimum atomic E-state index is -3.22. The fraction of sp³-hybridized carbons (Fsp3) is 0.538. The molecule has 0 aliphatic rings. The maximum atomic E-state index is 11.9. The third-order valence-electron chi connectivity index (χ3n) is 3.13. The predicted molar refractivity (Wildman–Crippen MR) is 69.7 cm³/mol. The molecule has 96 valence electrons. The van der Waals surface area contributed by atoms with Crippen molar-refractivity contribution in [3.05, 3.63) is 35.4 Å². The summed E-state index contributed by atoms with van der Waals surface area (Å²) in [6.07, 6.45) is -0.516. The lowest BCUT2D eigenvalue weighted by molar-refractivity contribution is 0.168. The van der Waals surface area contributed by atoms with E-state index in [1.54, 1.807) is 19.9 Å². The van der Waals surface area contributed by atoms with E-state index < -0.39 is 21.2 Å². The zero-order chi connectivity index (χ0) is 13.1. The highest BCUT2D eigenvalue weighted by Gasteiger charge is 2.30. The van der Waals surface area contributed by atoms with Crippen molar-refractivity contribution in [1.29, 1.82) is 0 Å². The van der Waals surface area contributed by atoms with E-state index in [2.05, 4.69) is 0 Å². The summed E-state index contributed by atoms with van der Waals surface area (Å²) >= 11 is 0. The van der Waals surface area contributed by atoms with Gasteiger partial charge in [0, 0.05) is 5.75 Å². The third-order valence-corrected chi connectivity index (χ3v) is 5.44. The van der Waals surface area contributed by atoms with Crippen LogP contribution in [-0.2, 0) is 9.84 Å². The van der Waals surface area contributed by atoms with Gasteiger partial charge in [0.05, 0.1) is 11.4 Å². The molecular weight excluding hydrogens is 236 g/mol. The van der Waals surface area contributed by atoms with Crippen LogP contribution in [0, 0.1) is 6.92 Å². The van der Waals surface area contributed by atoms with Crippen LogP contribution in [0.4, 0.5) is 0 Å². The molecule has 0 saturated heterocycles. The van der Waals surface area contributed by atoms with E-state index in [0.717, 1.165) is 5.56 Å². The van der Waals surface area contributed by atoms with E-state index >= 15 is 0 Å². The van der Waals surface area contributed by atoms with Crippen molar-refractivity contribution in [1.82, 2.24) is 0 Å². The molecule has 1 N–H and O–H groups in total. The van der Waals surface area contributed by atoms with Gasteiger partial charge in [-0.1, -0.05) is 38.1 Å². The highest BCUT2D eigenvalue weighted by molar-refractivity contribution is 7.92. The molecule has 0 saturated carbocycles. The molecule has 17 heavy (non-hydrogen) atoms. The van der Waals surface area contributed by atoms with E-state index in [0.29, 0.717) is 12.0 Å². The van der Waals surface area contributed by atoms with Crippen LogP contribution in [0.15, 0.2) is 24.3 Å². The van der Waals surface area contributed by atoms with Crippen molar-refractivity contribution in [2.45, 2.75) is 38.5 Å². The zero-order valence-corrected chi connectivity index (χ0v) is 11.4. The van der Waals surface area contributed by atoms with Crippen molar-refractivity contribution in [3.63, 3.8) is 0 Å². The zero-order valence-electron chi connectivity index (χ0n) is 10.6. The maximum Gasteiger partial charge on any atom is 0.155 e. The summed E-state index contributed by atoms with van der Waals surface area (Å²) in [6, 6.07) is 7.36. The van der Waals surface area contributed by atoms with Crippen molar-refractivity contribution < 1.29 is 13.5 Å². The highest BCUT2D eigenvalue weighted by Crippen LogP contribution is 2.27. The number of benzene rings is 1. The third kappa shape index (κ3) is 3.07. The molecule has 2 atom stereocenters. The van der Waals surface area contributed by atoms with Gasteiger partial charge >= 0.3 is 0 Å². The molecule has 0 spiro atoms. The van der Waals surface area contributed by atoms with Crippen LogP contribution in [0.25, 0.3) is 0 Å². The Hall–Kier alpha value is -0.870. The number of hydrogen-bond donors (Lipinski definition) is 1. The quantitative estimate of drug-likeness (QED) is 0.879. The van der Waals surface area contributed by atoms with Gasteiger partial charge in [-0.25, -0.2) is 8.42 Å². The maximum absolute atomic E-state index is 11.9. The standard InChI is InChI=1S/C13H20O3S/c1-4-12(17(15,16)5-2)13(14)11-9-7-6-8-10(11)3/h6-9,12-14H,4-5H2,1-3H3/t12-,13-/m1/s1. The second kappa shape index (κ2) is 5.65. The van der Waals surface area contributed by atoms with Gasteiger partial charge in [0.2, 0.25) is 0 Å². The van der Waals surface area contributed by atoms with E-state index in [1.807, 2.05) is 25.1 Å². The van der Waals surface area contributed by atoms with E-state index in [-0.39, 0.29) is 5.75 Å². The van der Waals surface area contributed by atoms with Gasteiger partial charge < -0.3 is 5.11 Å². The van der Waals surface area contributed by atoms with Crippen LogP contribution in [0.3, 0.4) is 0 Å². The van der Waals surface area contributed by atoms with Crippen LogP contribution >= 0.6 is 0 Å². The molecule has 0 aliphatic carbocycles. The minimum absolute atomic E-state index is 0.0639. The van der Waals surface area contributed by atoms with Crippen LogP contribution in [0.1, 0.15) is 37.5 Å². The summed E-state index contributed by atoms with van der Waals surface area (Å²) in [5, 5.41) is 9.53. The summed E-state index contributed by atoms with van der Waals surface area (Å²) in [4.78, 5) is 0. The van der Waals surface area contributed by atoms with Gasteiger partial charge in [0.25, 0.3) is 0 Å². The lowest BCUT2D eigenvalue weighted by Gasteiger charge is -2.22. The first-order valence-electron chi connectivity index (χ1n) is 5.89. The first-order chi connectivity index (χ1) is 7.94. The normalized spacial score (nSPS) is 15.5. The summed E-state index contributed by atoms with van der Waals surface area (Å²) < 4.78 is 23.8. The molecule has 0 bridgehead atoms. The Labute approximate surface area is 103 Å². The number of aryl methyl sites for hydroxylation is 1. The second-order valence-electron chi connectivity index (χ2n) is 4.20. The van der Waals surface area contributed by atoms with Gasteiger partial charge in [-0.15, -0.1) is 0 Å². The Kier molecular flexibility index (Phi) is 4.71. The van der Waals surface area contributed by atoms with Gasteiger partial charge in [-0.3, -0.25) is 0 Å². The highest BCUT2D eigenvalue weighted by atomic mass is 32.2. The first-order valence-corrected chi connectivity index (χ1v) is 7.60. The van der Waals surface area contributed by atoms with Crippen LogP contribution in [0.2, 0.25) is 0 Å². The molecule has 0 amide bonds. The van der Waals surface area contributed by atoms with Crippen molar-refractivity contribution in [3.8, 4) is 0 Å². The Morgan fingerprint density at radius 3 is 2.29 bits per heavy atom. The smallest absolute Gasteiger partial charge is 0.155 e. The van der Waals surface area contributed by atoms with Crippen LogP contribution < -0.4 is 0 Å². The molecule has 1 aromatic carbocycles. The molecule has 1 aromatic rings. The number of aliphatic hydroxyl groups is 1. The van der Waals surface area contributed by atoms with Gasteiger partial charge in [-0.2, -0.15) is 0 Å². The number of rotatable bonds is 5. The molecular formula is C13H20O3S. The summed E-state index contributed by atoms with van der Waals surface area (Å²) in [5.74, 6) is 0.0639. The summed E-state index contributed by atoms with van der Waals surface area (Å²) in [6.45, 7) is 5.28. The Bertz CT molecular complexity index is 465. The second-order valence-corrected chi connectivity index (χ2v) is 6.71. The lowest BCUT2D eigenvalue weighted by atomic mass is 10.00. The Balaban J connectivity index is 3.11. The fourth-order valence-corrected chi connectivity index (χ4v) is 3.48. The van der Waals surface area contributed by atoms with Crippen molar-refractivity contribution in [2.24, 2.45) is 0 Å². The van der Waals surface area contributed by atoms with Gasteiger partial charge in [0.15, 0.2) is 9.84 Å². The molecule has 0 fully saturated rings. The van der Waals surface area contributed by atoms with Crippen LogP contribution in [-0.4, -0.2) is 24.5 Å². The SMILES string of the molecule is CC[C@H]([C@H](O)c1ccccc1C)S(=O)(=O)CC. The number of sulfone groups is 1. The van der Waals surface area contributed by atoms with E-state index in [4.69, 9.17) is 0 Å².